The predicted octanol–water partition coefficient (Wildman–Crippen LogP) is 4.94. The SMILES string of the molecule is CN1[N]C(c2cc3ccc4ccc5ccc6ccc2c2c6c5c4c32)=NN(C)C1=O. The zero-order chi connectivity index (χ0) is 19.4. The van der Waals surface area contributed by atoms with Gasteiger partial charge in [-0.15, -0.1) is 10.5 Å². The molecule has 0 saturated carbocycles. The number of nitrogens with zero attached hydrogens (tertiary/aromatic N) is 4. The van der Waals surface area contributed by atoms with E-state index in [1.807, 2.05) is 0 Å². The number of hydrazone groups is 1. The van der Waals surface area contributed by atoms with Crippen molar-refractivity contribution in [1.29, 1.82) is 0 Å². The lowest BCUT2D eigenvalue weighted by Crippen LogP contribution is -2.48. The van der Waals surface area contributed by atoms with Gasteiger partial charge in [-0.2, -0.15) is 0 Å². The Hall–Kier alpha value is -3.86. The van der Waals surface area contributed by atoms with Crippen LogP contribution in [-0.2, 0) is 0 Å². The van der Waals surface area contributed by atoms with E-state index in [-0.39, 0.29) is 6.03 Å². The number of carbonyl (C=O) groups is 1. The molecule has 1 radical (unpaired) electrons. The van der Waals surface area contributed by atoms with E-state index >= 15 is 0 Å². The van der Waals surface area contributed by atoms with Crippen LogP contribution in [0.2, 0.25) is 0 Å². The van der Waals surface area contributed by atoms with Gasteiger partial charge < -0.3 is 0 Å². The van der Waals surface area contributed by atoms with Gasteiger partial charge in [0.2, 0.25) is 0 Å². The number of amidine groups is 1. The fourth-order valence-electron chi connectivity index (χ4n) is 5.06. The highest BCUT2D eigenvalue weighted by molar-refractivity contribution is 6.45. The molecule has 0 aromatic heterocycles. The molecule has 6 aromatic carbocycles. The van der Waals surface area contributed by atoms with Gasteiger partial charge in [0, 0.05) is 19.7 Å². The molecule has 1 heterocycles. The molecular weight excluding hydrogens is 360 g/mol. The predicted molar refractivity (Wildman–Crippen MR) is 117 cm³/mol. The smallest absolute Gasteiger partial charge is 0.244 e. The highest BCUT2D eigenvalue weighted by atomic mass is 16.2. The summed E-state index contributed by atoms with van der Waals surface area (Å²) in [6, 6.07) is 19.5. The van der Waals surface area contributed by atoms with Gasteiger partial charge in [0.15, 0.2) is 5.84 Å². The van der Waals surface area contributed by atoms with E-state index in [4.69, 9.17) is 0 Å². The molecule has 29 heavy (non-hydrogen) atoms. The van der Waals surface area contributed by atoms with Gasteiger partial charge in [-0.3, -0.25) is 0 Å². The molecule has 0 N–H and O–H groups in total. The average Bonchev–Trinajstić information content (AvgIpc) is 3.11. The molecule has 0 atom stereocenters. The van der Waals surface area contributed by atoms with E-state index in [9.17, 15) is 4.79 Å². The van der Waals surface area contributed by atoms with Crippen LogP contribution < -0.4 is 5.43 Å². The number of urea groups is 1. The third-order valence-electron chi connectivity index (χ3n) is 6.30. The first-order valence-electron chi connectivity index (χ1n) is 9.61. The van der Waals surface area contributed by atoms with Crippen LogP contribution in [0.3, 0.4) is 0 Å². The summed E-state index contributed by atoms with van der Waals surface area (Å²) in [5.41, 5.74) is 5.41. The second-order valence-corrected chi connectivity index (χ2v) is 7.85. The van der Waals surface area contributed by atoms with Gasteiger partial charge in [0.1, 0.15) is 0 Å². The summed E-state index contributed by atoms with van der Waals surface area (Å²) in [5.74, 6) is 0.555. The van der Waals surface area contributed by atoms with E-state index in [0.717, 1.165) is 10.9 Å². The van der Waals surface area contributed by atoms with E-state index in [2.05, 4.69) is 65.1 Å². The zero-order valence-electron chi connectivity index (χ0n) is 15.9. The summed E-state index contributed by atoms with van der Waals surface area (Å²) < 4.78 is 0. The molecule has 1 aliphatic rings. The van der Waals surface area contributed by atoms with Crippen LogP contribution in [-0.4, -0.2) is 36.0 Å². The minimum atomic E-state index is -0.246. The maximum atomic E-state index is 12.1. The Bertz CT molecular complexity index is 1590. The number of rotatable bonds is 1. The summed E-state index contributed by atoms with van der Waals surface area (Å²) in [6.07, 6.45) is 0. The molecule has 1 aliphatic heterocycles. The van der Waals surface area contributed by atoms with Gasteiger partial charge in [-0.25, -0.2) is 14.8 Å². The Balaban J connectivity index is 1.71. The second-order valence-electron chi connectivity index (χ2n) is 7.85. The Labute approximate surface area is 165 Å². The number of carbonyl (C=O) groups excluding carboxylic acids is 1. The number of hydrogen-bond donors (Lipinski definition) is 0. The van der Waals surface area contributed by atoms with Crippen molar-refractivity contribution in [1.82, 2.24) is 15.4 Å². The lowest BCUT2D eigenvalue weighted by Gasteiger charge is -2.27. The van der Waals surface area contributed by atoms with Crippen molar-refractivity contribution in [3.63, 3.8) is 0 Å². The third-order valence-corrected chi connectivity index (χ3v) is 6.30. The monoisotopic (exact) mass is 375 g/mol. The average molecular weight is 375 g/mol. The van der Waals surface area contributed by atoms with Crippen molar-refractivity contribution < 1.29 is 4.79 Å². The third kappa shape index (κ3) is 1.67. The van der Waals surface area contributed by atoms with E-state index in [0.29, 0.717) is 5.84 Å². The van der Waals surface area contributed by atoms with Crippen molar-refractivity contribution in [3.8, 4) is 0 Å². The van der Waals surface area contributed by atoms with Crippen molar-refractivity contribution in [2.75, 3.05) is 14.1 Å². The minimum Gasteiger partial charge on any atom is -0.244 e. The summed E-state index contributed by atoms with van der Waals surface area (Å²) >= 11 is 0. The first-order valence-corrected chi connectivity index (χ1v) is 9.61. The molecule has 137 valence electrons. The lowest BCUT2D eigenvalue weighted by molar-refractivity contribution is 0.155. The molecule has 0 saturated heterocycles. The number of amides is 2. The topological polar surface area (TPSA) is 50.0 Å². The molecule has 5 heteroatoms. The largest absolute Gasteiger partial charge is 0.360 e. The molecule has 5 nitrogen and oxygen atoms in total. The molecule has 0 fully saturated rings. The quantitative estimate of drug-likeness (QED) is 0.375. The van der Waals surface area contributed by atoms with Crippen molar-refractivity contribution in [2.45, 2.75) is 0 Å². The first kappa shape index (κ1) is 15.1. The molecule has 0 bridgehead atoms. The summed E-state index contributed by atoms with van der Waals surface area (Å²) in [4.78, 5) is 12.1. The van der Waals surface area contributed by atoms with Crippen molar-refractivity contribution in [2.24, 2.45) is 5.10 Å². The Morgan fingerprint density at radius 3 is 1.79 bits per heavy atom. The summed E-state index contributed by atoms with van der Waals surface area (Å²) in [5, 5.41) is 19.8. The Kier molecular flexibility index (Phi) is 2.48. The normalized spacial score (nSPS) is 15.7. The molecule has 0 unspecified atom stereocenters. The second kappa shape index (κ2) is 4.75. The van der Waals surface area contributed by atoms with Crippen LogP contribution >= 0.6 is 0 Å². The van der Waals surface area contributed by atoms with E-state index in [1.54, 1.807) is 14.1 Å². The Morgan fingerprint density at radius 2 is 1.17 bits per heavy atom. The van der Waals surface area contributed by atoms with E-state index in [1.165, 1.54) is 58.5 Å². The fraction of sp³-hybridized carbons (Fsp3) is 0.0833. The van der Waals surface area contributed by atoms with Crippen LogP contribution in [0.15, 0.2) is 59.7 Å². The van der Waals surface area contributed by atoms with Crippen LogP contribution in [0.1, 0.15) is 5.56 Å². The maximum absolute atomic E-state index is 12.1. The van der Waals surface area contributed by atoms with Crippen LogP contribution in [0, 0.1) is 0 Å². The summed E-state index contributed by atoms with van der Waals surface area (Å²) in [7, 11) is 3.32. The van der Waals surface area contributed by atoms with Crippen LogP contribution in [0.4, 0.5) is 4.79 Å². The fourth-order valence-corrected chi connectivity index (χ4v) is 5.06. The molecule has 0 spiro atoms. The molecular formula is C24H15N4O. The highest BCUT2D eigenvalue weighted by Gasteiger charge is 2.28. The van der Waals surface area contributed by atoms with Crippen LogP contribution in [0.25, 0.3) is 53.9 Å². The lowest BCUT2D eigenvalue weighted by atomic mass is 9.95. The molecule has 0 aliphatic carbocycles. The van der Waals surface area contributed by atoms with Gasteiger partial charge >= 0.3 is 6.03 Å². The summed E-state index contributed by atoms with van der Waals surface area (Å²) in [6.45, 7) is 0. The standard InChI is InChI=1S/C24H15N4O/c1-27-24(29)28(2)26-23(25-27)17-11-15-8-7-13-4-3-12-5-6-14-9-10-16(17)22-20(14)18(12)19(13)21(15)22/h3-11H,1-2H3. The molecule has 6 aromatic rings. The number of benzene rings is 5. The van der Waals surface area contributed by atoms with Crippen molar-refractivity contribution >= 4 is 65.7 Å². The molecule has 2 amide bonds. The first-order chi connectivity index (χ1) is 14.1. The van der Waals surface area contributed by atoms with Gasteiger partial charge in [-0.1, -0.05) is 48.5 Å². The zero-order valence-corrected chi connectivity index (χ0v) is 15.9. The Morgan fingerprint density at radius 1 is 0.655 bits per heavy atom. The minimum absolute atomic E-state index is 0.246. The van der Waals surface area contributed by atoms with Crippen LogP contribution in [0.5, 0.6) is 0 Å². The van der Waals surface area contributed by atoms with Gasteiger partial charge in [-0.05, 0) is 59.9 Å². The maximum Gasteiger partial charge on any atom is 0.360 e. The molecule has 7 rings (SSSR count). The highest BCUT2D eigenvalue weighted by Crippen LogP contribution is 2.48. The van der Waals surface area contributed by atoms with Gasteiger partial charge in [0.25, 0.3) is 0 Å². The van der Waals surface area contributed by atoms with Crippen molar-refractivity contribution in [3.05, 3.63) is 60.2 Å². The number of hydrogen-bond acceptors (Lipinski definition) is 2. The van der Waals surface area contributed by atoms with E-state index < -0.39 is 0 Å². The van der Waals surface area contributed by atoms with Gasteiger partial charge in [0.05, 0.1) is 0 Å².